The lowest BCUT2D eigenvalue weighted by molar-refractivity contribution is -0.264. The number of nitrogens with one attached hydrogen (secondary N) is 1. The predicted octanol–water partition coefficient (Wildman–Crippen LogP) is 13.8. The van der Waals surface area contributed by atoms with Crippen LogP contribution in [0.4, 0.5) is 27.6 Å². The fourth-order valence-corrected chi connectivity index (χ4v) is 8.82. The van der Waals surface area contributed by atoms with Crippen molar-refractivity contribution >= 4 is 41.4 Å². The molecule has 4 aliphatic rings. The molecule has 4 saturated carbocycles. The topological polar surface area (TPSA) is 250 Å². The van der Waals surface area contributed by atoms with Gasteiger partial charge in [0.05, 0.1) is 52.5 Å². The maximum absolute atomic E-state index is 13.1. The summed E-state index contributed by atoms with van der Waals surface area (Å²) in [4.78, 5) is 68.8. The first-order chi connectivity index (χ1) is 40.1. The highest BCUT2D eigenvalue weighted by Crippen LogP contribution is 2.60. The summed E-state index contributed by atoms with van der Waals surface area (Å²) in [6, 6.07) is 11.4. The molecule has 0 saturated heterocycles. The van der Waals surface area contributed by atoms with Crippen LogP contribution in [-0.2, 0) is 43.0 Å². The van der Waals surface area contributed by atoms with E-state index in [4.69, 9.17) is 29.7 Å². The molecule has 0 spiro atoms. The zero-order chi connectivity index (χ0) is 68.1. The van der Waals surface area contributed by atoms with Crippen molar-refractivity contribution in [1.29, 1.82) is 5.26 Å². The summed E-state index contributed by atoms with van der Waals surface area (Å²) in [5.41, 5.74) is -3.67. The molecule has 2 amide bonds. The third kappa shape index (κ3) is 28.1. The number of nitriles is 1. The molecule has 6 unspecified atom stereocenters. The molecule has 4 aliphatic carbocycles. The Balaban J connectivity index is 0. The second-order valence-electron chi connectivity index (χ2n) is 25.3. The quantitative estimate of drug-likeness (QED) is 0.0207. The normalized spacial score (nSPS) is 20.0. The first kappa shape index (κ1) is 83.3. The van der Waals surface area contributed by atoms with Gasteiger partial charge in [0.1, 0.15) is 18.8 Å². The van der Waals surface area contributed by atoms with Gasteiger partial charge in [-0.05, 0) is 130 Å². The average molecular weight is 1240 g/mol. The first-order valence-corrected chi connectivity index (χ1v) is 30.4. The van der Waals surface area contributed by atoms with E-state index < -0.39 is 79.6 Å². The van der Waals surface area contributed by atoms with Gasteiger partial charge in [-0.15, -0.1) is 0 Å². The van der Waals surface area contributed by atoms with Gasteiger partial charge in [0.2, 0.25) is 17.6 Å². The van der Waals surface area contributed by atoms with E-state index in [2.05, 4.69) is 5.32 Å². The molecular formula is C66H106F5N3O13. The highest BCUT2D eigenvalue weighted by atomic mass is 19.2. The SMILES string of the molecule is CCC(C)(C)C(=O)O.CCC(C)(C)C(=O)OC12CC3CC(O)(CC(O)(C3)C1)C2.CCC(C)(C)C(=O)OCCO.CCC(C)C(=O)N(C)C.CCC(C)C(=O)Nc1ccccc1.CCC(C)C(=O)OCCC#N.CCC(C)c1c(F)c(F)c(F)c(F)c1F. The average Bonchev–Trinajstić information content (AvgIpc) is 0.977. The number of amides is 2. The van der Waals surface area contributed by atoms with Crippen molar-refractivity contribution in [3.05, 3.63) is 65.0 Å². The molecule has 4 fully saturated rings. The molecule has 6 atom stereocenters. The number of aliphatic hydroxyl groups excluding tert-OH is 1. The Morgan fingerprint density at radius 1 is 0.644 bits per heavy atom. The van der Waals surface area contributed by atoms with E-state index in [9.17, 15) is 60.9 Å². The van der Waals surface area contributed by atoms with Crippen molar-refractivity contribution in [2.45, 2.75) is 230 Å². The molecule has 21 heteroatoms. The van der Waals surface area contributed by atoms with Gasteiger partial charge in [-0.25, -0.2) is 22.0 Å². The minimum absolute atomic E-state index is 0.0475. The fourth-order valence-electron chi connectivity index (χ4n) is 8.82. The highest BCUT2D eigenvalue weighted by molar-refractivity contribution is 5.92. The minimum atomic E-state index is -2.11. The third-order valence-corrected chi connectivity index (χ3v) is 16.3. The summed E-state index contributed by atoms with van der Waals surface area (Å²) < 4.78 is 79.8. The monoisotopic (exact) mass is 1240 g/mol. The molecule has 6 rings (SSSR count). The molecule has 16 nitrogen and oxygen atoms in total. The third-order valence-electron chi connectivity index (χ3n) is 16.3. The summed E-state index contributed by atoms with van der Waals surface area (Å²) in [5, 5.41) is 49.1. The van der Waals surface area contributed by atoms with Crippen molar-refractivity contribution in [1.82, 2.24) is 4.90 Å². The number of rotatable bonds is 20. The van der Waals surface area contributed by atoms with Crippen molar-refractivity contribution < 1.29 is 85.4 Å². The molecule has 0 aromatic heterocycles. The molecule has 0 aliphatic heterocycles. The molecule has 498 valence electrons. The van der Waals surface area contributed by atoms with Crippen molar-refractivity contribution in [3.8, 4) is 6.07 Å². The lowest BCUT2D eigenvalue weighted by Gasteiger charge is -2.62. The van der Waals surface area contributed by atoms with Crippen LogP contribution in [0.2, 0.25) is 0 Å². The second-order valence-corrected chi connectivity index (χ2v) is 25.3. The summed E-state index contributed by atoms with van der Waals surface area (Å²) in [6.07, 6.45) is 9.00. The van der Waals surface area contributed by atoms with Crippen molar-refractivity contribution in [2.75, 3.05) is 39.2 Å². The summed E-state index contributed by atoms with van der Waals surface area (Å²) >= 11 is 0. The lowest BCUT2D eigenvalue weighted by Crippen LogP contribution is -2.67. The lowest BCUT2D eigenvalue weighted by atomic mass is 9.50. The van der Waals surface area contributed by atoms with Crippen LogP contribution in [0.25, 0.3) is 0 Å². The molecule has 0 radical (unpaired) electrons. The number of halogens is 5. The number of ether oxygens (including phenoxy) is 3. The Morgan fingerprint density at radius 3 is 1.45 bits per heavy atom. The van der Waals surface area contributed by atoms with E-state index in [1.54, 1.807) is 39.8 Å². The number of hydrogen-bond acceptors (Lipinski definition) is 13. The molecule has 2 aromatic carbocycles. The van der Waals surface area contributed by atoms with E-state index in [0.29, 0.717) is 32.1 Å². The van der Waals surface area contributed by atoms with Gasteiger partial charge in [-0.2, -0.15) is 5.26 Å². The van der Waals surface area contributed by atoms with Crippen LogP contribution in [0, 0.1) is 80.3 Å². The summed E-state index contributed by atoms with van der Waals surface area (Å²) in [5.74, 6) is -10.6. The largest absolute Gasteiger partial charge is 0.481 e. The van der Waals surface area contributed by atoms with Gasteiger partial charge < -0.3 is 44.9 Å². The van der Waals surface area contributed by atoms with Crippen molar-refractivity contribution in [2.24, 2.45) is 39.9 Å². The van der Waals surface area contributed by atoms with E-state index in [1.807, 2.05) is 126 Å². The number of benzene rings is 2. The Hall–Kier alpha value is -5.72. The number of hydrogen-bond donors (Lipinski definition) is 5. The van der Waals surface area contributed by atoms with Gasteiger partial charge in [0.25, 0.3) is 0 Å². The molecular weight excluding hydrogens is 1140 g/mol. The van der Waals surface area contributed by atoms with E-state index in [-0.39, 0.29) is 79.6 Å². The molecule has 4 bridgehead atoms. The number of carbonyl (C=O) groups is 6. The number of carbonyl (C=O) groups excluding carboxylic acids is 5. The number of esters is 3. The number of carboxylic acids is 1. The molecule has 5 N–H and O–H groups in total. The van der Waals surface area contributed by atoms with E-state index in [1.165, 1.54) is 6.92 Å². The van der Waals surface area contributed by atoms with Crippen LogP contribution in [0.15, 0.2) is 30.3 Å². The van der Waals surface area contributed by atoms with Crippen LogP contribution in [0.1, 0.15) is 219 Å². The fraction of sp³-hybridized carbons (Fsp3) is 0.712. The van der Waals surface area contributed by atoms with Crippen LogP contribution in [-0.4, -0.2) is 112 Å². The Bertz CT molecular complexity index is 2460. The molecule has 2 aromatic rings. The number of carboxylic acid groups (broad SMARTS) is 1. The number of aliphatic hydroxyl groups is 3. The summed E-state index contributed by atoms with van der Waals surface area (Å²) in [6.45, 7) is 31.5. The van der Waals surface area contributed by atoms with E-state index in [0.717, 1.165) is 57.1 Å². The van der Waals surface area contributed by atoms with Crippen LogP contribution in [0.5, 0.6) is 0 Å². The zero-order valence-electron chi connectivity index (χ0n) is 55.5. The predicted molar refractivity (Wildman–Crippen MR) is 326 cm³/mol. The summed E-state index contributed by atoms with van der Waals surface area (Å²) in [7, 11) is 3.57. The maximum Gasteiger partial charge on any atom is 0.312 e. The number of anilines is 1. The smallest absolute Gasteiger partial charge is 0.312 e. The highest BCUT2D eigenvalue weighted by Gasteiger charge is 2.65. The standard InChI is InChI=1S/C16H26O4.C11H15NO.C10H9F5.C8H13NO2.C8H16O3.C7H15NO.C6H12O2/c1-4-13(2,3)12(17)20-16-7-11-5-14(18,9-16)8-15(19,6-11)10-16;1-3-9(2)11(13)12-10-7-5-4-6-8-10;1-3-4(2)5-6(11)8(13)10(15)9(14)7(5)12;1-3-7(2)8(10)11-6-4-5-9;1-4-8(2,3)7(10)11-6-5-9;1-5-6(2)7(9)8(3)4;1-4-6(2,3)5(7)8/h11,18-19H,4-10H2,1-3H3;4-9H,3H2,1-2H3,(H,12,13);4H,3H2,1-2H3;7H,3-4,6H2,1-2H3;9H,4-6H2,1-3H3;6H,5H2,1-4H3;4H2,1-3H3,(H,7,8). The first-order valence-electron chi connectivity index (χ1n) is 30.4. The number of nitrogens with zero attached hydrogens (tertiary/aromatic N) is 2. The van der Waals surface area contributed by atoms with Gasteiger partial charge in [0, 0.05) is 56.4 Å². The Kier molecular flexibility index (Phi) is 37.0. The number of para-hydroxylation sites is 1. The van der Waals surface area contributed by atoms with Gasteiger partial charge in [-0.1, -0.05) is 94.4 Å². The van der Waals surface area contributed by atoms with Gasteiger partial charge in [-0.3, -0.25) is 28.8 Å². The Morgan fingerprint density at radius 2 is 1.09 bits per heavy atom. The molecule has 0 heterocycles. The maximum atomic E-state index is 13.1. The Labute approximate surface area is 515 Å². The van der Waals surface area contributed by atoms with Crippen LogP contribution < -0.4 is 5.32 Å². The van der Waals surface area contributed by atoms with Crippen LogP contribution >= 0.6 is 0 Å². The van der Waals surface area contributed by atoms with Gasteiger partial charge in [0.15, 0.2) is 23.3 Å². The molecule has 87 heavy (non-hydrogen) atoms. The van der Waals surface area contributed by atoms with Crippen LogP contribution in [0.3, 0.4) is 0 Å². The van der Waals surface area contributed by atoms with E-state index >= 15 is 0 Å². The zero-order valence-corrected chi connectivity index (χ0v) is 55.5. The van der Waals surface area contributed by atoms with Crippen molar-refractivity contribution in [3.63, 3.8) is 0 Å². The second kappa shape index (κ2) is 38.6. The number of aliphatic carboxylic acids is 1. The van der Waals surface area contributed by atoms with Gasteiger partial charge >= 0.3 is 23.9 Å². The minimum Gasteiger partial charge on any atom is -0.481 e.